The van der Waals surface area contributed by atoms with Crippen molar-refractivity contribution in [1.29, 1.82) is 0 Å². The zero-order valence-electron chi connectivity index (χ0n) is 47.4. The van der Waals surface area contributed by atoms with Gasteiger partial charge < -0.3 is 14.2 Å². The van der Waals surface area contributed by atoms with E-state index in [1.165, 1.54) is 103 Å². The molecule has 1 atom stereocenters. The monoisotopic (exact) mass is 1010 g/mol. The van der Waals surface area contributed by atoms with Crippen LogP contribution >= 0.6 is 0 Å². The number of carbonyl (C=O) groups excluding carboxylic acids is 3. The fraction of sp³-hybridized carbons (Fsp3) is 0.657. The molecule has 0 saturated heterocycles. The SMILES string of the molecule is CC/C=C\C/C=C\C/C=C\C/C=C\C/C=C\C/C=C\C/C=C\C/C=C\CCCCC(=O)OCC(COC(=O)CCCCCCCCCCCCC)OC(=O)CCCCCCCCC/C=C\C/C=C\CCCCC. The van der Waals surface area contributed by atoms with Crippen LogP contribution in [0.2, 0.25) is 0 Å². The summed E-state index contributed by atoms with van der Waals surface area (Å²) >= 11 is 0. The summed E-state index contributed by atoms with van der Waals surface area (Å²) in [4.78, 5) is 38.1. The van der Waals surface area contributed by atoms with Crippen LogP contribution in [0.3, 0.4) is 0 Å². The largest absolute Gasteiger partial charge is 0.462 e. The molecule has 0 aliphatic heterocycles. The second kappa shape index (κ2) is 60.4. The molecule has 1 unspecified atom stereocenters. The van der Waals surface area contributed by atoms with Gasteiger partial charge in [-0.1, -0.05) is 251 Å². The summed E-state index contributed by atoms with van der Waals surface area (Å²) in [5, 5.41) is 0. The van der Waals surface area contributed by atoms with E-state index in [4.69, 9.17) is 14.2 Å². The van der Waals surface area contributed by atoms with Crippen molar-refractivity contribution in [2.24, 2.45) is 0 Å². The molecule has 0 rings (SSSR count). The molecule has 0 N–H and O–H groups in total. The van der Waals surface area contributed by atoms with Gasteiger partial charge in [-0.2, -0.15) is 0 Å². The van der Waals surface area contributed by atoms with Gasteiger partial charge in [0.2, 0.25) is 0 Å². The number of ether oxygens (including phenoxy) is 3. The third kappa shape index (κ3) is 58.6. The van der Waals surface area contributed by atoms with Crippen LogP contribution in [0.15, 0.2) is 122 Å². The van der Waals surface area contributed by atoms with Gasteiger partial charge in [0.25, 0.3) is 0 Å². The molecule has 0 amide bonds. The normalized spacial score (nSPS) is 13.0. The van der Waals surface area contributed by atoms with E-state index in [2.05, 4.69) is 142 Å². The first-order valence-corrected chi connectivity index (χ1v) is 30.0. The van der Waals surface area contributed by atoms with Crippen molar-refractivity contribution in [2.45, 2.75) is 271 Å². The summed E-state index contributed by atoms with van der Waals surface area (Å²) in [6, 6.07) is 0. The Bertz CT molecular complexity index is 1540. The van der Waals surface area contributed by atoms with Gasteiger partial charge in [0, 0.05) is 19.3 Å². The van der Waals surface area contributed by atoms with Crippen LogP contribution < -0.4 is 0 Å². The van der Waals surface area contributed by atoms with Gasteiger partial charge in [0.05, 0.1) is 0 Å². The van der Waals surface area contributed by atoms with E-state index in [9.17, 15) is 14.4 Å². The summed E-state index contributed by atoms with van der Waals surface area (Å²) < 4.78 is 16.8. The highest BCUT2D eigenvalue weighted by atomic mass is 16.6. The van der Waals surface area contributed by atoms with E-state index in [1.807, 2.05) is 0 Å². The Hall–Kier alpha value is -4.19. The van der Waals surface area contributed by atoms with Gasteiger partial charge in [-0.25, -0.2) is 0 Å². The standard InChI is InChI=1S/C67H110O6/c1-4-7-10-13-16-19-22-24-26-28-29-30-31-32-33-34-35-36-37-39-40-42-45-48-51-54-57-60-66(69)72-63-64(62-71-65(68)59-56-53-50-47-44-21-18-15-12-9-6-3)73-67(70)61-58-55-52-49-46-43-41-38-27-25-23-20-17-14-11-8-5-2/h7,10,16-17,19-20,24-27,29-30,32-33,35-36,39-40,45,48,64H,4-6,8-9,11-15,18,21-23,28,31,34,37-38,41-44,46-47,49-63H2,1-3H3/b10-7-,19-16-,20-17-,26-24-,27-25-,30-29-,33-32-,36-35-,40-39-,48-45-. The second-order valence-electron chi connectivity index (χ2n) is 19.5. The Balaban J connectivity index is 4.41. The minimum atomic E-state index is -0.802. The predicted octanol–water partition coefficient (Wildman–Crippen LogP) is 20.4. The molecule has 0 aliphatic carbocycles. The molecule has 0 radical (unpaired) electrons. The molecule has 0 aromatic heterocycles. The lowest BCUT2D eigenvalue weighted by molar-refractivity contribution is -0.167. The number of hydrogen-bond donors (Lipinski definition) is 0. The lowest BCUT2D eigenvalue weighted by Crippen LogP contribution is -2.30. The molecule has 6 heteroatoms. The molecular weight excluding hydrogens is 901 g/mol. The van der Waals surface area contributed by atoms with E-state index in [-0.39, 0.29) is 31.1 Å². The topological polar surface area (TPSA) is 78.9 Å². The van der Waals surface area contributed by atoms with Crippen LogP contribution in [0.4, 0.5) is 0 Å². The predicted molar refractivity (Wildman–Crippen MR) is 316 cm³/mol. The molecule has 0 aromatic rings. The average molecular weight is 1010 g/mol. The zero-order valence-corrected chi connectivity index (χ0v) is 47.4. The number of carbonyl (C=O) groups is 3. The van der Waals surface area contributed by atoms with Gasteiger partial charge >= 0.3 is 17.9 Å². The van der Waals surface area contributed by atoms with Gasteiger partial charge in [-0.05, 0) is 116 Å². The quantitative estimate of drug-likeness (QED) is 0.0261. The Labute approximate surface area is 450 Å². The fourth-order valence-corrected chi connectivity index (χ4v) is 7.96. The van der Waals surface area contributed by atoms with Crippen LogP contribution in [0.25, 0.3) is 0 Å². The van der Waals surface area contributed by atoms with Crippen LogP contribution in [0, 0.1) is 0 Å². The Morgan fingerprint density at radius 2 is 0.534 bits per heavy atom. The molecule has 414 valence electrons. The maximum atomic E-state index is 12.9. The van der Waals surface area contributed by atoms with E-state index in [0.717, 1.165) is 116 Å². The molecule has 0 heterocycles. The molecule has 0 bridgehead atoms. The van der Waals surface area contributed by atoms with E-state index in [1.54, 1.807) is 0 Å². The van der Waals surface area contributed by atoms with E-state index < -0.39 is 6.10 Å². The number of unbranched alkanes of at least 4 members (excludes halogenated alkanes) is 22. The summed E-state index contributed by atoms with van der Waals surface area (Å²) in [7, 11) is 0. The van der Waals surface area contributed by atoms with Crippen LogP contribution in [0.1, 0.15) is 265 Å². The lowest BCUT2D eigenvalue weighted by Gasteiger charge is -2.18. The van der Waals surface area contributed by atoms with Gasteiger partial charge in [-0.3, -0.25) is 14.4 Å². The molecular formula is C67H110O6. The highest BCUT2D eigenvalue weighted by molar-refractivity contribution is 5.71. The van der Waals surface area contributed by atoms with Crippen molar-refractivity contribution in [1.82, 2.24) is 0 Å². The zero-order chi connectivity index (χ0) is 52.9. The van der Waals surface area contributed by atoms with Crippen molar-refractivity contribution in [3.63, 3.8) is 0 Å². The summed E-state index contributed by atoms with van der Waals surface area (Å²) in [5.41, 5.74) is 0. The lowest BCUT2D eigenvalue weighted by atomic mass is 10.1. The molecule has 0 aromatic carbocycles. The van der Waals surface area contributed by atoms with E-state index in [0.29, 0.717) is 25.7 Å². The van der Waals surface area contributed by atoms with E-state index >= 15 is 0 Å². The van der Waals surface area contributed by atoms with Crippen LogP contribution in [-0.2, 0) is 28.6 Å². The van der Waals surface area contributed by atoms with Gasteiger partial charge in [0.1, 0.15) is 13.2 Å². The Morgan fingerprint density at radius 1 is 0.288 bits per heavy atom. The number of esters is 3. The molecule has 0 aliphatic rings. The average Bonchev–Trinajstić information content (AvgIpc) is 3.39. The highest BCUT2D eigenvalue weighted by Crippen LogP contribution is 2.14. The maximum Gasteiger partial charge on any atom is 0.306 e. The van der Waals surface area contributed by atoms with Crippen molar-refractivity contribution < 1.29 is 28.6 Å². The highest BCUT2D eigenvalue weighted by Gasteiger charge is 2.19. The molecule has 0 spiro atoms. The smallest absolute Gasteiger partial charge is 0.306 e. The first kappa shape index (κ1) is 68.8. The van der Waals surface area contributed by atoms with Crippen molar-refractivity contribution in [3.8, 4) is 0 Å². The third-order valence-electron chi connectivity index (χ3n) is 12.5. The first-order valence-electron chi connectivity index (χ1n) is 30.0. The molecule has 0 fully saturated rings. The number of allylic oxidation sites excluding steroid dienone is 20. The maximum absolute atomic E-state index is 12.9. The fourth-order valence-electron chi connectivity index (χ4n) is 7.96. The second-order valence-corrected chi connectivity index (χ2v) is 19.5. The molecule has 0 saturated carbocycles. The summed E-state index contributed by atoms with van der Waals surface area (Å²) in [6.07, 6.45) is 83.4. The van der Waals surface area contributed by atoms with Gasteiger partial charge in [0.15, 0.2) is 6.10 Å². The molecule has 73 heavy (non-hydrogen) atoms. The minimum absolute atomic E-state index is 0.0958. The number of rotatable bonds is 53. The van der Waals surface area contributed by atoms with Crippen LogP contribution in [-0.4, -0.2) is 37.2 Å². The van der Waals surface area contributed by atoms with Crippen molar-refractivity contribution in [2.75, 3.05) is 13.2 Å². The number of hydrogen-bond acceptors (Lipinski definition) is 6. The summed E-state index contributed by atoms with van der Waals surface area (Å²) in [5.74, 6) is -0.950. The molecule has 6 nitrogen and oxygen atoms in total. The Kier molecular flexibility index (Phi) is 56.9. The Morgan fingerprint density at radius 3 is 0.890 bits per heavy atom. The summed E-state index contributed by atoms with van der Waals surface area (Å²) in [6.45, 7) is 6.45. The van der Waals surface area contributed by atoms with Crippen molar-refractivity contribution >= 4 is 17.9 Å². The first-order chi connectivity index (χ1) is 36.0. The van der Waals surface area contributed by atoms with Gasteiger partial charge in [-0.15, -0.1) is 0 Å². The third-order valence-corrected chi connectivity index (χ3v) is 12.5. The van der Waals surface area contributed by atoms with Crippen LogP contribution in [0.5, 0.6) is 0 Å². The minimum Gasteiger partial charge on any atom is -0.462 e. The van der Waals surface area contributed by atoms with Crippen molar-refractivity contribution in [3.05, 3.63) is 122 Å².